The number of hydrogen-bond acceptors (Lipinski definition) is 5. The molecule has 2 unspecified atom stereocenters. The van der Waals surface area contributed by atoms with Crippen molar-refractivity contribution in [3.8, 4) is 0 Å². The smallest absolute Gasteiger partial charge is 0.0599 e. The Balaban J connectivity index is 1.49. The Morgan fingerprint density at radius 3 is 2.86 bits per heavy atom. The lowest BCUT2D eigenvalue weighted by atomic mass is 9.88. The Labute approximate surface area is 127 Å². The molecule has 0 spiro atoms. The van der Waals surface area contributed by atoms with E-state index in [0.29, 0.717) is 12.1 Å². The van der Waals surface area contributed by atoms with Crippen molar-refractivity contribution in [3.05, 3.63) is 24.3 Å². The molecule has 1 aromatic heterocycles. The largest absolute Gasteiger partial charge is 0.379 e. The Bertz CT molecular complexity index is 408. The van der Waals surface area contributed by atoms with E-state index in [2.05, 4.69) is 20.2 Å². The molecule has 1 saturated carbocycles. The van der Waals surface area contributed by atoms with Crippen molar-refractivity contribution in [2.24, 2.45) is 0 Å². The summed E-state index contributed by atoms with van der Waals surface area (Å²) in [6, 6.07) is 1.30. The number of morpholine rings is 1. The van der Waals surface area contributed by atoms with Gasteiger partial charge in [0.1, 0.15) is 0 Å². The van der Waals surface area contributed by atoms with Crippen LogP contribution in [0.15, 0.2) is 18.6 Å². The van der Waals surface area contributed by atoms with E-state index in [1.807, 2.05) is 6.20 Å². The summed E-state index contributed by atoms with van der Waals surface area (Å²) in [5.41, 5.74) is 1.07. The second kappa shape index (κ2) is 7.82. The van der Waals surface area contributed by atoms with Crippen LogP contribution in [0.1, 0.15) is 31.4 Å². The summed E-state index contributed by atoms with van der Waals surface area (Å²) in [5.74, 6) is 0. The fraction of sp³-hybridized carbons (Fsp3) is 0.750. The van der Waals surface area contributed by atoms with E-state index in [9.17, 15) is 0 Å². The molecule has 2 fully saturated rings. The van der Waals surface area contributed by atoms with Crippen LogP contribution in [0.3, 0.4) is 0 Å². The van der Waals surface area contributed by atoms with E-state index >= 15 is 0 Å². The van der Waals surface area contributed by atoms with E-state index in [1.54, 1.807) is 12.4 Å². The molecule has 1 aliphatic carbocycles. The van der Waals surface area contributed by atoms with Gasteiger partial charge in [0.2, 0.25) is 0 Å². The highest BCUT2D eigenvalue weighted by Crippen LogP contribution is 2.24. The first-order chi connectivity index (χ1) is 10.4. The summed E-state index contributed by atoms with van der Waals surface area (Å²) >= 11 is 0. The van der Waals surface area contributed by atoms with Crippen LogP contribution in [0.5, 0.6) is 0 Å². The predicted molar refractivity (Wildman–Crippen MR) is 82.2 cm³/mol. The van der Waals surface area contributed by atoms with Gasteiger partial charge in [-0.25, -0.2) is 0 Å². The maximum Gasteiger partial charge on any atom is 0.0599 e. The van der Waals surface area contributed by atoms with Gasteiger partial charge in [-0.15, -0.1) is 0 Å². The van der Waals surface area contributed by atoms with Crippen molar-refractivity contribution in [1.82, 2.24) is 20.2 Å². The normalized spacial score (nSPS) is 27.6. The first-order valence-corrected chi connectivity index (χ1v) is 8.23. The fourth-order valence-electron chi connectivity index (χ4n) is 3.54. The zero-order valence-electron chi connectivity index (χ0n) is 12.7. The third-order valence-corrected chi connectivity index (χ3v) is 4.65. The highest BCUT2D eigenvalue weighted by molar-refractivity contribution is 4.96. The lowest BCUT2D eigenvalue weighted by Crippen LogP contribution is -2.55. The van der Waals surface area contributed by atoms with Crippen molar-refractivity contribution < 1.29 is 4.74 Å². The van der Waals surface area contributed by atoms with Crippen LogP contribution in [0.2, 0.25) is 0 Å². The molecule has 0 aromatic carbocycles. The van der Waals surface area contributed by atoms with Crippen molar-refractivity contribution >= 4 is 0 Å². The van der Waals surface area contributed by atoms with Crippen molar-refractivity contribution in [3.63, 3.8) is 0 Å². The van der Waals surface area contributed by atoms with Gasteiger partial charge in [0.05, 0.1) is 18.9 Å². The van der Waals surface area contributed by atoms with E-state index in [0.717, 1.165) is 45.0 Å². The third-order valence-electron chi connectivity index (χ3n) is 4.65. The average molecular weight is 290 g/mol. The maximum absolute atomic E-state index is 5.49. The molecular weight excluding hydrogens is 264 g/mol. The fourth-order valence-corrected chi connectivity index (χ4v) is 3.54. The molecule has 2 atom stereocenters. The summed E-state index contributed by atoms with van der Waals surface area (Å²) in [5, 5.41) is 3.77. The van der Waals surface area contributed by atoms with E-state index in [1.165, 1.54) is 25.7 Å². The summed E-state index contributed by atoms with van der Waals surface area (Å²) in [6.45, 7) is 4.95. The van der Waals surface area contributed by atoms with Gasteiger partial charge in [0.15, 0.2) is 0 Å². The minimum absolute atomic E-state index is 0.619. The van der Waals surface area contributed by atoms with Gasteiger partial charge in [-0.1, -0.05) is 12.8 Å². The number of nitrogens with zero attached hydrogens (tertiary/aromatic N) is 3. The molecule has 2 heterocycles. The zero-order chi connectivity index (χ0) is 14.3. The van der Waals surface area contributed by atoms with Gasteiger partial charge in [-0.3, -0.25) is 14.9 Å². The molecule has 1 aliphatic heterocycles. The molecule has 116 valence electrons. The van der Waals surface area contributed by atoms with Gasteiger partial charge < -0.3 is 10.1 Å². The molecule has 5 nitrogen and oxygen atoms in total. The second-order valence-electron chi connectivity index (χ2n) is 6.01. The van der Waals surface area contributed by atoms with Crippen LogP contribution in [-0.4, -0.2) is 59.8 Å². The first-order valence-electron chi connectivity index (χ1n) is 8.23. The van der Waals surface area contributed by atoms with Crippen LogP contribution in [0.25, 0.3) is 0 Å². The molecule has 1 aromatic rings. The molecular formula is C16H26N4O. The molecule has 21 heavy (non-hydrogen) atoms. The summed E-state index contributed by atoms with van der Waals surface area (Å²) in [7, 11) is 0. The van der Waals surface area contributed by atoms with Gasteiger partial charge in [-0.2, -0.15) is 0 Å². The van der Waals surface area contributed by atoms with Gasteiger partial charge in [0.25, 0.3) is 0 Å². The standard InChI is InChI=1S/C16H26N4O/c1-2-4-16(20-9-11-21-12-10-20)15(3-1)19-6-5-14-13-17-7-8-18-14/h7-8,13,15-16,19H,1-6,9-12H2. The molecule has 5 heteroatoms. The molecule has 0 amide bonds. The minimum atomic E-state index is 0.619. The van der Waals surface area contributed by atoms with Gasteiger partial charge in [-0.05, 0) is 12.8 Å². The van der Waals surface area contributed by atoms with E-state index < -0.39 is 0 Å². The van der Waals surface area contributed by atoms with Crippen LogP contribution < -0.4 is 5.32 Å². The van der Waals surface area contributed by atoms with Crippen LogP contribution in [0, 0.1) is 0 Å². The molecule has 1 N–H and O–H groups in total. The third kappa shape index (κ3) is 4.22. The number of nitrogens with one attached hydrogen (secondary N) is 1. The van der Waals surface area contributed by atoms with Crippen LogP contribution in [0.4, 0.5) is 0 Å². The van der Waals surface area contributed by atoms with Crippen LogP contribution in [-0.2, 0) is 11.2 Å². The van der Waals surface area contributed by atoms with E-state index in [-0.39, 0.29) is 0 Å². The first kappa shape index (κ1) is 14.9. The number of hydrogen-bond donors (Lipinski definition) is 1. The van der Waals surface area contributed by atoms with Crippen molar-refractivity contribution in [1.29, 1.82) is 0 Å². The maximum atomic E-state index is 5.49. The lowest BCUT2D eigenvalue weighted by molar-refractivity contribution is -0.000188. The Morgan fingerprint density at radius 2 is 2.05 bits per heavy atom. The molecule has 2 aliphatic rings. The van der Waals surface area contributed by atoms with Crippen molar-refractivity contribution in [2.45, 2.75) is 44.2 Å². The Hall–Kier alpha value is -1.04. The highest BCUT2D eigenvalue weighted by Gasteiger charge is 2.30. The summed E-state index contributed by atoms with van der Waals surface area (Å²) in [4.78, 5) is 11.1. The monoisotopic (exact) mass is 290 g/mol. The Morgan fingerprint density at radius 1 is 1.19 bits per heavy atom. The molecule has 3 rings (SSSR count). The average Bonchev–Trinajstić information content (AvgIpc) is 2.57. The predicted octanol–water partition coefficient (Wildman–Crippen LogP) is 1.25. The summed E-state index contributed by atoms with van der Waals surface area (Å²) < 4.78 is 5.49. The lowest BCUT2D eigenvalue weighted by Gasteiger charge is -2.42. The SMILES string of the molecule is c1cnc(CCNC2CCCCC2N2CCOCC2)cn1. The number of rotatable bonds is 5. The highest BCUT2D eigenvalue weighted by atomic mass is 16.5. The van der Waals surface area contributed by atoms with Gasteiger partial charge in [0, 0.05) is 56.7 Å². The van der Waals surface area contributed by atoms with Crippen LogP contribution >= 0.6 is 0 Å². The van der Waals surface area contributed by atoms with E-state index in [4.69, 9.17) is 4.74 Å². The number of aromatic nitrogens is 2. The molecule has 0 radical (unpaired) electrons. The second-order valence-corrected chi connectivity index (χ2v) is 6.01. The minimum Gasteiger partial charge on any atom is -0.379 e. The molecule has 0 bridgehead atoms. The number of ether oxygens (including phenoxy) is 1. The van der Waals surface area contributed by atoms with Gasteiger partial charge >= 0.3 is 0 Å². The quantitative estimate of drug-likeness (QED) is 0.884. The Kier molecular flexibility index (Phi) is 5.54. The molecule has 1 saturated heterocycles. The zero-order valence-corrected chi connectivity index (χ0v) is 12.7. The van der Waals surface area contributed by atoms with Crippen molar-refractivity contribution in [2.75, 3.05) is 32.8 Å². The topological polar surface area (TPSA) is 50.3 Å². The summed E-state index contributed by atoms with van der Waals surface area (Å²) in [6.07, 6.45) is 11.7.